The average Bonchev–Trinajstić information content (AvgIpc) is 3.16. The van der Waals surface area contributed by atoms with Crippen LogP contribution in [0.1, 0.15) is 40.5 Å². The van der Waals surface area contributed by atoms with Crippen molar-refractivity contribution in [3.05, 3.63) is 23.2 Å². The molecule has 0 unspecified atom stereocenters. The summed E-state index contributed by atoms with van der Waals surface area (Å²) in [5.74, 6) is 1.51. The summed E-state index contributed by atoms with van der Waals surface area (Å²) in [4.78, 5) is 0. The topological polar surface area (TPSA) is 27.7 Å². The summed E-state index contributed by atoms with van der Waals surface area (Å²) in [6.07, 6.45) is 2.53. The lowest BCUT2D eigenvalue weighted by Gasteiger charge is -2.32. The molecular weight excluding hydrogens is 286 g/mol. The number of rotatable bonds is 4. The van der Waals surface area contributed by atoms with Crippen molar-refractivity contribution in [2.75, 3.05) is 6.61 Å². The van der Waals surface area contributed by atoms with Gasteiger partial charge in [0, 0.05) is 10.5 Å². The van der Waals surface area contributed by atoms with Crippen molar-refractivity contribution >= 4 is 24.2 Å². The quantitative estimate of drug-likeness (QED) is 0.798. The number of ether oxygens (including phenoxy) is 1. The maximum Gasteiger partial charge on any atom is 0.498 e. The van der Waals surface area contributed by atoms with Crippen molar-refractivity contribution in [3.63, 3.8) is 0 Å². The van der Waals surface area contributed by atoms with Crippen LogP contribution in [0.5, 0.6) is 5.75 Å². The van der Waals surface area contributed by atoms with Gasteiger partial charge in [0.25, 0.3) is 0 Å². The third kappa shape index (κ3) is 3.08. The van der Waals surface area contributed by atoms with E-state index < -0.39 is 7.12 Å². The molecule has 3 nitrogen and oxygen atoms in total. The molecule has 1 saturated carbocycles. The Kier molecular flexibility index (Phi) is 3.75. The molecule has 0 N–H and O–H groups in total. The average molecular weight is 309 g/mol. The first-order valence-electron chi connectivity index (χ1n) is 7.56. The molecule has 1 aromatic carbocycles. The van der Waals surface area contributed by atoms with Crippen LogP contribution in [0.15, 0.2) is 18.2 Å². The molecule has 5 heteroatoms. The number of benzene rings is 1. The van der Waals surface area contributed by atoms with Gasteiger partial charge >= 0.3 is 7.12 Å². The molecule has 0 spiro atoms. The van der Waals surface area contributed by atoms with Crippen LogP contribution in [0.25, 0.3) is 0 Å². The van der Waals surface area contributed by atoms with Gasteiger partial charge < -0.3 is 14.0 Å². The van der Waals surface area contributed by atoms with Crippen LogP contribution in [0.4, 0.5) is 0 Å². The zero-order valence-electron chi connectivity index (χ0n) is 13.1. The van der Waals surface area contributed by atoms with Crippen LogP contribution >= 0.6 is 11.6 Å². The first-order valence-corrected chi connectivity index (χ1v) is 7.94. The van der Waals surface area contributed by atoms with E-state index in [0.717, 1.165) is 17.8 Å². The second kappa shape index (κ2) is 5.18. The van der Waals surface area contributed by atoms with E-state index in [4.69, 9.17) is 25.6 Å². The van der Waals surface area contributed by atoms with Crippen LogP contribution in [-0.2, 0) is 9.31 Å². The van der Waals surface area contributed by atoms with Gasteiger partial charge in [0.15, 0.2) is 0 Å². The predicted octanol–water partition coefficient (Wildman–Crippen LogP) is 3.43. The van der Waals surface area contributed by atoms with E-state index in [0.29, 0.717) is 10.9 Å². The fourth-order valence-electron chi connectivity index (χ4n) is 2.30. The Hall–Kier alpha value is -0.705. The minimum Gasteiger partial charge on any atom is -0.494 e. The Morgan fingerprint density at radius 1 is 1.19 bits per heavy atom. The van der Waals surface area contributed by atoms with E-state index in [-0.39, 0.29) is 11.2 Å². The van der Waals surface area contributed by atoms with E-state index in [9.17, 15) is 0 Å². The summed E-state index contributed by atoms with van der Waals surface area (Å²) in [7, 11) is -0.442. The van der Waals surface area contributed by atoms with E-state index >= 15 is 0 Å². The maximum absolute atomic E-state index is 6.15. The van der Waals surface area contributed by atoms with Crippen LogP contribution < -0.4 is 10.2 Å². The molecule has 2 aliphatic rings. The molecule has 1 heterocycles. The lowest BCUT2D eigenvalue weighted by molar-refractivity contribution is 0.00578. The van der Waals surface area contributed by atoms with Crippen molar-refractivity contribution in [1.29, 1.82) is 0 Å². The molecule has 1 saturated heterocycles. The zero-order chi connectivity index (χ0) is 15.3. The highest BCUT2D eigenvalue weighted by molar-refractivity contribution is 6.63. The first kappa shape index (κ1) is 15.2. The van der Waals surface area contributed by atoms with E-state index in [2.05, 4.69) is 0 Å². The molecule has 0 bridgehead atoms. The van der Waals surface area contributed by atoms with E-state index in [1.54, 1.807) is 0 Å². The molecule has 2 fully saturated rings. The largest absolute Gasteiger partial charge is 0.498 e. The predicted molar refractivity (Wildman–Crippen MR) is 85.4 cm³/mol. The molecule has 1 aliphatic heterocycles. The Balaban J connectivity index is 1.85. The fraction of sp³-hybridized carbons (Fsp3) is 0.625. The molecule has 0 radical (unpaired) electrons. The van der Waals surface area contributed by atoms with Crippen LogP contribution in [-0.4, -0.2) is 24.9 Å². The van der Waals surface area contributed by atoms with Crippen LogP contribution in [0.3, 0.4) is 0 Å². The molecule has 21 heavy (non-hydrogen) atoms. The van der Waals surface area contributed by atoms with Crippen molar-refractivity contribution < 1.29 is 14.0 Å². The zero-order valence-corrected chi connectivity index (χ0v) is 13.9. The SMILES string of the molecule is CC1(C)OB(c2cc(Cl)ccc2OCC2CC2)OC1(C)C. The van der Waals surface area contributed by atoms with Gasteiger partial charge in [0.1, 0.15) is 5.75 Å². The monoisotopic (exact) mass is 308 g/mol. The molecule has 0 aromatic heterocycles. The van der Waals surface area contributed by atoms with Crippen molar-refractivity contribution in [1.82, 2.24) is 0 Å². The van der Waals surface area contributed by atoms with Crippen molar-refractivity contribution in [2.24, 2.45) is 5.92 Å². The number of halogens is 1. The van der Waals surface area contributed by atoms with E-state index in [1.807, 2.05) is 45.9 Å². The smallest absolute Gasteiger partial charge is 0.494 e. The van der Waals surface area contributed by atoms with Gasteiger partial charge in [-0.15, -0.1) is 0 Å². The van der Waals surface area contributed by atoms with Gasteiger partial charge in [0.2, 0.25) is 0 Å². The molecule has 114 valence electrons. The van der Waals surface area contributed by atoms with Gasteiger partial charge in [-0.05, 0) is 64.7 Å². The summed E-state index contributed by atoms with van der Waals surface area (Å²) in [6.45, 7) is 8.93. The van der Waals surface area contributed by atoms with Gasteiger partial charge in [-0.1, -0.05) is 11.6 Å². The Morgan fingerprint density at radius 2 is 1.81 bits per heavy atom. The molecule has 1 aliphatic carbocycles. The first-order chi connectivity index (χ1) is 9.78. The molecule has 1 aromatic rings. The molecule has 0 atom stereocenters. The highest BCUT2D eigenvalue weighted by Crippen LogP contribution is 2.37. The third-order valence-electron chi connectivity index (χ3n) is 4.65. The lowest BCUT2D eigenvalue weighted by atomic mass is 9.78. The van der Waals surface area contributed by atoms with Crippen molar-refractivity contribution in [3.8, 4) is 5.75 Å². The van der Waals surface area contributed by atoms with Gasteiger partial charge in [-0.2, -0.15) is 0 Å². The number of hydrogen-bond acceptors (Lipinski definition) is 3. The highest BCUT2D eigenvalue weighted by Gasteiger charge is 2.52. The fourth-order valence-corrected chi connectivity index (χ4v) is 2.48. The highest BCUT2D eigenvalue weighted by atomic mass is 35.5. The summed E-state index contributed by atoms with van der Waals surface area (Å²) < 4.78 is 18.2. The van der Waals surface area contributed by atoms with Crippen molar-refractivity contribution in [2.45, 2.75) is 51.7 Å². The van der Waals surface area contributed by atoms with Gasteiger partial charge in [-0.3, -0.25) is 0 Å². The summed E-state index contributed by atoms with van der Waals surface area (Å²) in [5, 5.41) is 0.665. The van der Waals surface area contributed by atoms with Crippen LogP contribution in [0, 0.1) is 5.92 Å². The molecular formula is C16H22BClO3. The molecule has 3 rings (SSSR count). The van der Waals surface area contributed by atoms with E-state index in [1.165, 1.54) is 12.8 Å². The summed E-state index contributed by atoms with van der Waals surface area (Å²) in [6, 6.07) is 5.63. The maximum atomic E-state index is 6.15. The van der Waals surface area contributed by atoms with Gasteiger partial charge in [-0.25, -0.2) is 0 Å². The molecule has 0 amide bonds. The Morgan fingerprint density at radius 3 is 2.38 bits per heavy atom. The normalized spacial score (nSPS) is 23.4. The third-order valence-corrected chi connectivity index (χ3v) is 4.89. The Labute approximate surface area is 132 Å². The number of hydrogen-bond donors (Lipinski definition) is 0. The lowest BCUT2D eigenvalue weighted by Crippen LogP contribution is -2.41. The summed E-state index contributed by atoms with van der Waals surface area (Å²) in [5.41, 5.74) is 0.142. The minimum absolute atomic E-state index is 0.367. The van der Waals surface area contributed by atoms with Gasteiger partial charge in [0.05, 0.1) is 17.8 Å². The standard InChI is InChI=1S/C16H22BClO3/c1-15(2)16(3,4)21-17(20-15)13-9-12(18)7-8-14(13)19-10-11-5-6-11/h7-9,11H,5-6,10H2,1-4H3. The minimum atomic E-state index is -0.442. The van der Waals surface area contributed by atoms with Crippen LogP contribution in [0.2, 0.25) is 5.02 Å². The Bertz CT molecular complexity index is 524. The second-order valence-corrected chi connectivity index (χ2v) is 7.46. The summed E-state index contributed by atoms with van der Waals surface area (Å²) >= 11 is 6.15. The second-order valence-electron chi connectivity index (χ2n) is 7.02.